The van der Waals surface area contributed by atoms with Crippen LogP contribution >= 0.6 is 24.0 Å². The van der Waals surface area contributed by atoms with Crippen LogP contribution in [0.3, 0.4) is 0 Å². The van der Waals surface area contributed by atoms with Crippen LogP contribution < -0.4 is 15.8 Å². The number of carboxylic acid groups (broad SMARTS) is 1. The average molecular weight is 601 g/mol. The van der Waals surface area contributed by atoms with E-state index in [9.17, 15) is 23.1 Å². The molecule has 0 radical (unpaired) electrons. The highest BCUT2D eigenvalue weighted by molar-refractivity contribution is 6.30. The maximum Gasteiger partial charge on any atom is 0.429 e. The SMILES string of the molecule is Cl.Nc1nc(OC(c2ccc(Cl)cc2C2=CCCOC2)C(F)(F)F)cc(C2=CC[C@@]3(CC2)CN[C@H](C(=O)O)C3)n1. The third-order valence-corrected chi connectivity index (χ3v) is 7.74. The number of anilines is 1. The van der Waals surface area contributed by atoms with Crippen molar-refractivity contribution in [2.24, 2.45) is 5.41 Å². The molecule has 3 atom stereocenters. The lowest BCUT2D eigenvalue weighted by molar-refractivity contribution is -0.198. The van der Waals surface area contributed by atoms with Crippen molar-refractivity contribution < 1.29 is 32.5 Å². The van der Waals surface area contributed by atoms with E-state index < -0.39 is 24.3 Å². The number of halogens is 5. The van der Waals surface area contributed by atoms with E-state index in [1.54, 1.807) is 0 Å². The van der Waals surface area contributed by atoms with Crippen molar-refractivity contribution in [2.75, 3.05) is 25.5 Å². The van der Waals surface area contributed by atoms with Gasteiger partial charge in [0.25, 0.3) is 0 Å². The number of rotatable bonds is 6. The Morgan fingerprint density at radius 1 is 1.25 bits per heavy atom. The van der Waals surface area contributed by atoms with Crippen LogP contribution in [0.4, 0.5) is 19.1 Å². The average Bonchev–Trinajstić information content (AvgIpc) is 3.31. The summed E-state index contributed by atoms with van der Waals surface area (Å²) in [5.41, 5.74) is 7.71. The van der Waals surface area contributed by atoms with Gasteiger partial charge in [0.05, 0.1) is 18.9 Å². The van der Waals surface area contributed by atoms with Gasteiger partial charge in [0.2, 0.25) is 17.9 Å². The number of alkyl halides is 3. The third kappa shape index (κ3) is 6.54. The Morgan fingerprint density at radius 2 is 2.05 bits per heavy atom. The van der Waals surface area contributed by atoms with Crippen molar-refractivity contribution in [1.29, 1.82) is 0 Å². The second-order valence-corrected chi connectivity index (χ2v) is 10.6. The van der Waals surface area contributed by atoms with Crippen molar-refractivity contribution in [3.63, 3.8) is 0 Å². The second-order valence-electron chi connectivity index (χ2n) is 10.2. The smallest absolute Gasteiger partial charge is 0.429 e. The Labute approximate surface area is 240 Å². The number of carbonyl (C=O) groups is 1. The van der Waals surface area contributed by atoms with Crippen LogP contribution in [-0.2, 0) is 9.53 Å². The number of nitrogens with zero attached hydrogens (tertiary/aromatic N) is 2. The summed E-state index contributed by atoms with van der Waals surface area (Å²) >= 11 is 6.14. The van der Waals surface area contributed by atoms with Gasteiger partial charge >= 0.3 is 12.1 Å². The summed E-state index contributed by atoms with van der Waals surface area (Å²) in [5.74, 6) is -1.38. The molecule has 1 aromatic heterocycles. The van der Waals surface area contributed by atoms with Crippen molar-refractivity contribution in [3.05, 3.63) is 58.3 Å². The van der Waals surface area contributed by atoms with Crippen molar-refractivity contribution in [1.82, 2.24) is 15.3 Å². The summed E-state index contributed by atoms with van der Waals surface area (Å²) in [6.07, 6.45) is -0.313. The van der Waals surface area contributed by atoms with Crippen LogP contribution in [0.15, 0.2) is 36.4 Å². The standard InChI is InChI=1S/C27H28ClF3N4O4.ClH/c28-17-3-4-18(19(10-17)16-2-1-9-38-13-16)23(27(29,30)31)39-22-11-20(34-25(32)35-22)15-5-7-26(8-6-15)12-21(24(36)37)33-14-26;/h2-5,10-11,21,23,33H,1,6-9,12-14H2,(H,36,37)(H2,32,34,35);1H/t21-,23?,26-;/m0./s1. The minimum atomic E-state index is -4.77. The number of carboxylic acids is 1. The molecule has 1 saturated heterocycles. The first kappa shape index (κ1) is 30.1. The van der Waals surface area contributed by atoms with Gasteiger partial charge in [-0.2, -0.15) is 18.2 Å². The van der Waals surface area contributed by atoms with Gasteiger partial charge in [-0.25, -0.2) is 4.98 Å². The van der Waals surface area contributed by atoms with E-state index in [0.29, 0.717) is 67.1 Å². The number of ether oxygens (including phenoxy) is 2. The van der Waals surface area contributed by atoms with Gasteiger partial charge in [-0.3, -0.25) is 4.79 Å². The number of hydrogen-bond acceptors (Lipinski definition) is 7. The van der Waals surface area contributed by atoms with Crippen molar-refractivity contribution >= 4 is 47.1 Å². The van der Waals surface area contributed by atoms with E-state index in [-0.39, 0.29) is 41.8 Å². The molecule has 40 heavy (non-hydrogen) atoms. The summed E-state index contributed by atoms with van der Waals surface area (Å²) in [4.78, 5) is 19.5. The molecular weight excluding hydrogens is 572 g/mol. The molecule has 3 aliphatic rings. The molecule has 216 valence electrons. The molecule has 1 aromatic carbocycles. The second kappa shape index (κ2) is 11.9. The lowest BCUT2D eigenvalue weighted by atomic mass is 9.73. The Bertz CT molecular complexity index is 1340. The van der Waals surface area contributed by atoms with Gasteiger partial charge < -0.3 is 25.6 Å². The minimum Gasteiger partial charge on any atom is -0.480 e. The molecule has 13 heteroatoms. The van der Waals surface area contributed by atoms with Gasteiger partial charge in [-0.1, -0.05) is 29.8 Å². The van der Waals surface area contributed by atoms with Gasteiger partial charge in [0.1, 0.15) is 6.04 Å². The fraction of sp³-hybridized carbons (Fsp3) is 0.444. The molecule has 1 aliphatic carbocycles. The fourth-order valence-electron chi connectivity index (χ4n) is 5.49. The monoisotopic (exact) mass is 600 g/mol. The minimum absolute atomic E-state index is 0. The lowest BCUT2D eigenvalue weighted by Crippen LogP contribution is -2.30. The van der Waals surface area contributed by atoms with Gasteiger partial charge in [-0.15, -0.1) is 12.4 Å². The Morgan fingerprint density at radius 3 is 2.67 bits per heavy atom. The predicted molar refractivity (Wildman–Crippen MR) is 146 cm³/mol. The van der Waals surface area contributed by atoms with Crippen LogP contribution in [0, 0.1) is 5.41 Å². The first-order valence-electron chi connectivity index (χ1n) is 12.6. The molecular formula is C27H29Cl2F3N4O4. The molecule has 0 bridgehead atoms. The van der Waals surface area contributed by atoms with Crippen LogP contribution in [-0.4, -0.2) is 53.0 Å². The zero-order valence-electron chi connectivity index (χ0n) is 21.3. The quantitative estimate of drug-likeness (QED) is 0.391. The predicted octanol–water partition coefficient (Wildman–Crippen LogP) is 5.62. The Hall–Kier alpha value is -2.86. The van der Waals surface area contributed by atoms with E-state index in [4.69, 9.17) is 26.8 Å². The lowest BCUT2D eigenvalue weighted by Gasteiger charge is -2.32. The van der Waals surface area contributed by atoms with Crippen LogP contribution in [0.5, 0.6) is 5.88 Å². The summed E-state index contributed by atoms with van der Waals surface area (Å²) in [7, 11) is 0. The zero-order valence-corrected chi connectivity index (χ0v) is 22.9. The van der Waals surface area contributed by atoms with E-state index in [1.807, 2.05) is 12.2 Å². The van der Waals surface area contributed by atoms with Gasteiger partial charge in [0, 0.05) is 23.2 Å². The van der Waals surface area contributed by atoms with Crippen LogP contribution in [0.25, 0.3) is 11.1 Å². The van der Waals surface area contributed by atoms with E-state index >= 15 is 0 Å². The van der Waals surface area contributed by atoms with E-state index in [0.717, 1.165) is 5.57 Å². The normalized spacial score (nSPS) is 23.6. The molecule has 2 aliphatic heterocycles. The first-order valence-corrected chi connectivity index (χ1v) is 13.0. The highest BCUT2D eigenvalue weighted by Gasteiger charge is 2.45. The molecule has 4 N–H and O–H groups in total. The number of nitrogens with two attached hydrogens (primary N) is 1. The molecule has 8 nitrogen and oxygen atoms in total. The number of allylic oxidation sites excluding steroid dienone is 2. The Balaban J connectivity index is 0.00000370. The number of aliphatic carboxylic acids is 1. The number of nitrogens with one attached hydrogen (secondary N) is 1. The number of benzene rings is 1. The number of hydrogen-bond donors (Lipinski definition) is 3. The number of aromatic nitrogens is 2. The summed E-state index contributed by atoms with van der Waals surface area (Å²) < 4.78 is 54.2. The van der Waals surface area contributed by atoms with Gasteiger partial charge in [0.15, 0.2) is 0 Å². The molecule has 1 spiro atoms. The summed E-state index contributed by atoms with van der Waals surface area (Å²) in [6.45, 7) is 1.25. The third-order valence-electron chi connectivity index (χ3n) is 7.50. The van der Waals surface area contributed by atoms with Crippen molar-refractivity contribution in [2.45, 2.75) is 50.4 Å². The molecule has 1 unspecified atom stereocenters. The molecule has 0 amide bonds. The molecule has 5 rings (SSSR count). The van der Waals surface area contributed by atoms with E-state index in [1.165, 1.54) is 24.3 Å². The van der Waals surface area contributed by atoms with Crippen molar-refractivity contribution in [3.8, 4) is 5.88 Å². The molecule has 3 heterocycles. The maximum atomic E-state index is 14.4. The first-order chi connectivity index (χ1) is 18.5. The largest absolute Gasteiger partial charge is 0.480 e. The molecule has 1 fully saturated rings. The zero-order chi connectivity index (χ0) is 27.8. The number of nitrogen functional groups attached to an aromatic ring is 1. The molecule has 2 aromatic rings. The van der Waals surface area contributed by atoms with Crippen LogP contribution in [0.2, 0.25) is 5.02 Å². The summed E-state index contributed by atoms with van der Waals surface area (Å²) in [6, 6.07) is 4.96. The summed E-state index contributed by atoms with van der Waals surface area (Å²) in [5, 5.41) is 12.7. The topological polar surface area (TPSA) is 120 Å². The highest BCUT2D eigenvalue weighted by Crippen LogP contribution is 2.45. The van der Waals surface area contributed by atoms with Gasteiger partial charge in [-0.05, 0) is 66.4 Å². The highest BCUT2D eigenvalue weighted by atomic mass is 35.5. The fourth-order valence-corrected chi connectivity index (χ4v) is 5.66. The Kier molecular flexibility index (Phi) is 8.99. The van der Waals surface area contributed by atoms with E-state index in [2.05, 4.69) is 15.3 Å². The molecule has 0 saturated carbocycles. The van der Waals surface area contributed by atoms with Crippen LogP contribution in [0.1, 0.15) is 55.0 Å². The maximum absolute atomic E-state index is 14.4.